The van der Waals surface area contributed by atoms with Crippen LogP contribution in [0.15, 0.2) is 21.2 Å². The summed E-state index contributed by atoms with van der Waals surface area (Å²) in [7, 11) is 0. The molecule has 1 unspecified atom stereocenters. The first-order valence-corrected chi connectivity index (χ1v) is 8.28. The summed E-state index contributed by atoms with van der Waals surface area (Å²) in [4.78, 5) is 4.44. The molecule has 0 aromatic carbocycles. The van der Waals surface area contributed by atoms with E-state index in [2.05, 4.69) is 55.2 Å². The van der Waals surface area contributed by atoms with Gasteiger partial charge >= 0.3 is 0 Å². The molecule has 2 nitrogen and oxygen atoms in total. The van der Waals surface area contributed by atoms with Gasteiger partial charge < -0.3 is 5.32 Å². The molecular formula is C14H20Br2N2. The number of halogens is 2. The fourth-order valence-corrected chi connectivity index (χ4v) is 3.76. The summed E-state index contributed by atoms with van der Waals surface area (Å²) in [6.45, 7) is 3.15. The maximum absolute atomic E-state index is 4.44. The predicted octanol–water partition coefficient (Wildman–Crippen LogP) is 4.67. The first-order chi connectivity index (χ1) is 8.66. The molecule has 1 atom stereocenters. The molecule has 1 aromatic rings. The summed E-state index contributed by atoms with van der Waals surface area (Å²) in [5, 5.41) is 3.62. The lowest BCUT2D eigenvalue weighted by molar-refractivity contribution is 0.280. The van der Waals surface area contributed by atoms with Gasteiger partial charge in [-0.15, -0.1) is 0 Å². The highest BCUT2D eigenvalue weighted by molar-refractivity contribution is 9.11. The fraction of sp³-hybridized carbons (Fsp3) is 0.643. The van der Waals surface area contributed by atoms with Crippen LogP contribution in [0.2, 0.25) is 0 Å². The van der Waals surface area contributed by atoms with Crippen molar-refractivity contribution in [1.29, 1.82) is 0 Å². The number of nitrogens with one attached hydrogen (secondary N) is 1. The summed E-state index contributed by atoms with van der Waals surface area (Å²) < 4.78 is 2.08. The van der Waals surface area contributed by atoms with Crippen molar-refractivity contribution in [3.05, 3.63) is 26.9 Å². The van der Waals surface area contributed by atoms with Gasteiger partial charge in [0.25, 0.3) is 0 Å². The van der Waals surface area contributed by atoms with E-state index in [1.165, 1.54) is 32.1 Å². The van der Waals surface area contributed by atoms with Crippen molar-refractivity contribution in [2.24, 2.45) is 5.92 Å². The molecule has 0 aliphatic heterocycles. The summed E-state index contributed by atoms with van der Waals surface area (Å²) >= 11 is 6.99. The lowest BCUT2D eigenvalue weighted by Gasteiger charge is -2.28. The Bertz CT molecular complexity index is 389. The first kappa shape index (κ1) is 14.5. The highest BCUT2D eigenvalue weighted by Gasteiger charge is 2.19. The molecule has 1 fully saturated rings. The van der Waals surface area contributed by atoms with E-state index in [1.54, 1.807) is 0 Å². The van der Waals surface area contributed by atoms with E-state index >= 15 is 0 Å². The molecule has 1 N–H and O–H groups in total. The van der Waals surface area contributed by atoms with Gasteiger partial charge in [0.1, 0.15) is 0 Å². The van der Waals surface area contributed by atoms with Crippen LogP contribution >= 0.6 is 31.9 Å². The van der Waals surface area contributed by atoms with E-state index in [1.807, 2.05) is 6.20 Å². The maximum atomic E-state index is 4.44. The second-order valence-corrected chi connectivity index (χ2v) is 6.92. The van der Waals surface area contributed by atoms with Gasteiger partial charge in [0.2, 0.25) is 0 Å². The highest BCUT2D eigenvalue weighted by atomic mass is 79.9. The third kappa shape index (κ3) is 4.04. The zero-order valence-electron chi connectivity index (χ0n) is 10.8. The van der Waals surface area contributed by atoms with Crippen molar-refractivity contribution in [3.63, 3.8) is 0 Å². The van der Waals surface area contributed by atoms with Gasteiger partial charge in [0.05, 0.1) is 5.69 Å². The average molecular weight is 376 g/mol. The molecule has 100 valence electrons. The predicted molar refractivity (Wildman–Crippen MR) is 82.5 cm³/mol. The van der Waals surface area contributed by atoms with E-state index in [-0.39, 0.29) is 0 Å². The molecule has 0 radical (unpaired) electrons. The van der Waals surface area contributed by atoms with Gasteiger partial charge in [-0.05, 0) is 63.6 Å². The van der Waals surface area contributed by atoms with Crippen LogP contribution in [0.3, 0.4) is 0 Å². The van der Waals surface area contributed by atoms with Crippen LogP contribution in [-0.2, 0) is 6.54 Å². The van der Waals surface area contributed by atoms with Gasteiger partial charge in [-0.3, -0.25) is 4.98 Å². The van der Waals surface area contributed by atoms with Crippen LogP contribution in [0.4, 0.5) is 0 Å². The molecule has 1 heterocycles. The third-order valence-electron chi connectivity index (χ3n) is 3.83. The number of hydrogen-bond donors (Lipinski definition) is 1. The molecule has 4 heteroatoms. The highest BCUT2D eigenvalue weighted by Crippen LogP contribution is 2.26. The van der Waals surface area contributed by atoms with Crippen LogP contribution in [0.5, 0.6) is 0 Å². The lowest BCUT2D eigenvalue weighted by atomic mass is 9.84. The van der Waals surface area contributed by atoms with E-state index in [0.717, 1.165) is 27.1 Å². The average Bonchev–Trinajstić information content (AvgIpc) is 2.38. The second-order valence-electron chi connectivity index (χ2n) is 5.15. The lowest BCUT2D eigenvalue weighted by Crippen LogP contribution is -2.34. The zero-order valence-corrected chi connectivity index (χ0v) is 13.9. The maximum Gasteiger partial charge on any atom is 0.0684 e. The molecule has 0 spiro atoms. The molecular weight excluding hydrogens is 356 g/mol. The van der Waals surface area contributed by atoms with Crippen molar-refractivity contribution in [2.75, 3.05) is 0 Å². The Balaban J connectivity index is 1.86. The van der Waals surface area contributed by atoms with Crippen LogP contribution in [-0.4, -0.2) is 11.0 Å². The summed E-state index contributed by atoms with van der Waals surface area (Å²) in [5.41, 5.74) is 1.08. The van der Waals surface area contributed by atoms with Crippen LogP contribution in [0.1, 0.15) is 44.7 Å². The summed E-state index contributed by atoms with van der Waals surface area (Å²) in [5.74, 6) is 0.841. The minimum absolute atomic E-state index is 0.586. The van der Waals surface area contributed by atoms with E-state index in [0.29, 0.717) is 6.04 Å². The molecule has 0 amide bonds. The largest absolute Gasteiger partial charge is 0.308 e. The molecule has 1 saturated carbocycles. The number of rotatable bonds is 4. The Labute approximate surface area is 126 Å². The molecule has 0 bridgehead atoms. The second kappa shape index (κ2) is 7.01. The summed E-state index contributed by atoms with van der Waals surface area (Å²) in [6, 6.07) is 2.64. The van der Waals surface area contributed by atoms with Crippen molar-refractivity contribution in [3.8, 4) is 0 Å². The molecule has 1 aliphatic carbocycles. The van der Waals surface area contributed by atoms with E-state index in [4.69, 9.17) is 0 Å². The Kier molecular flexibility index (Phi) is 5.64. The number of pyridine rings is 1. The van der Waals surface area contributed by atoms with Gasteiger partial charge in [-0.1, -0.05) is 19.3 Å². The normalized spacial score (nSPS) is 18.8. The van der Waals surface area contributed by atoms with Crippen molar-refractivity contribution in [2.45, 2.75) is 51.6 Å². The Morgan fingerprint density at radius 1 is 1.33 bits per heavy atom. The smallest absolute Gasteiger partial charge is 0.0684 e. The SMILES string of the molecule is CC(NCc1ncc(Br)cc1Br)C1CCCCC1. The van der Waals surface area contributed by atoms with Gasteiger partial charge in [-0.2, -0.15) is 0 Å². The van der Waals surface area contributed by atoms with Crippen LogP contribution in [0, 0.1) is 5.92 Å². The van der Waals surface area contributed by atoms with Gasteiger partial charge in [-0.25, -0.2) is 0 Å². The van der Waals surface area contributed by atoms with Crippen molar-refractivity contribution < 1.29 is 0 Å². The molecule has 1 aromatic heterocycles. The van der Waals surface area contributed by atoms with Crippen LogP contribution < -0.4 is 5.32 Å². The van der Waals surface area contributed by atoms with E-state index < -0.39 is 0 Å². The van der Waals surface area contributed by atoms with E-state index in [9.17, 15) is 0 Å². The number of aromatic nitrogens is 1. The third-order valence-corrected chi connectivity index (χ3v) is 4.95. The van der Waals surface area contributed by atoms with Crippen LogP contribution in [0.25, 0.3) is 0 Å². The minimum atomic E-state index is 0.586. The number of nitrogens with zero attached hydrogens (tertiary/aromatic N) is 1. The molecule has 18 heavy (non-hydrogen) atoms. The quantitative estimate of drug-likeness (QED) is 0.827. The van der Waals surface area contributed by atoms with Crippen molar-refractivity contribution in [1.82, 2.24) is 10.3 Å². The molecule has 1 aliphatic rings. The minimum Gasteiger partial charge on any atom is -0.308 e. The van der Waals surface area contributed by atoms with Gasteiger partial charge in [0, 0.05) is 27.7 Å². The molecule has 0 saturated heterocycles. The van der Waals surface area contributed by atoms with Crippen molar-refractivity contribution >= 4 is 31.9 Å². The topological polar surface area (TPSA) is 24.9 Å². The Morgan fingerprint density at radius 3 is 2.72 bits per heavy atom. The number of hydrogen-bond acceptors (Lipinski definition) is 2. The Morgan fingerprint density at radius 2 is 2.06 bits per heavy atom. The zero-order chi connectivity index (χ0) is 13.0. The molecule has 2 rings (SSSR count). The fourth-order valence-electron chi connectivity index (χ4n) is 2.63. The summed E-state index contributed by atoms with van der Waals surface area (Å²) in [6.07, 6.45) is 8.83. The standard InChI is InChI=1S/C14H20Br2N2/c1-10(11-5-3-2-4-6-11)17-9-14-13(16)7-12(15)8-18-14/h7-8,10-11,17H,2-6,9H2,1H3. The van der Waals surface area contributed by atoms with Gasteiger partial charge in [0.15, 0.2) is 0 Å². The first-order valence-electron chi connectivity index (χ1n) is 6.70. The monoisotopic (exact) mass is 374 g/mol. The Hall–Kier alpha value is 0.0700.